The van der Waals surface area contributed by atoms with E-state index in [0.717, 1.165) is 30.5 Å². The van der Waals surface area contributed by atoms with Crippen LogP contribution < -0.4 is 10.2 Å². The van der Waals surface area contributed by atoms with Gasteiger partial charge in [-0.3, -0.25) is 0 Å². The zero-order valence-electron chi connectivity index (χ0n) is 12.4. The first-order chi connectivity index (χ1) is 9.61. The Hall–Kier alpha value is -0.580. The van der Waals surface area contributed by atoms with Crippen LogP contribution in [0.1, 0.15) is 32.3 Å². The number of hydrogen-bond donors (Lipinski definition) is 2. The fourth-order valence-electron chi connectivity index (χ4n) is 2.72. The van der Waals surface area contributed by atoms with Crippen LogP contribution >= 0.6 is 15.9 Å². The molecule has 1 aliphatic rings. The molecule has 0 bridgehead atoms. The number of halogens is 1. The summed E-state index contributed by atoms with van der Waals surface area (Å²) in [5.41, 5.74) is 2.50. The van der Waals surface area contributed by atoms with Gasteiger partial charge in [0.15, 0.2) is 0 Å². The molecule has 1 aromatic rings. The van der Waals surface area contributed by atoms with Crippen molar-refractivity contribution >= 4 is 21.6 Å². The molecule has 3 nitrogen and oxygen atoms in total. The van der Waals surface area contributed by atoms with Crippen molar-refractivity contribution < 1.29 is 5.11 Å². The van der Waals surface area contributed by atoms with Crippen LogP contribution in [0, 0.1) is 5.92 Å². The summed E-state index contributed by atoms with van der Waals surface area (Å²) in [6.07, 6.45) is 2.26. The van der Waals surface area contributed by atoms with Crippen molar-refractivity contribution in [1.82, 2.24) is 5.32 Å². The van der Waals surface area contributed by atoms with Crippen molar-refractivity contribution in [2.24, 2.45) is 5.92 Å². The molecule has 0 spiro atoms. The smallest absolute Gasteiger partial charge is 0.0635 e. The van der Waals surface area contributed by atoms with Crippen LogP contribution in [0.3, 0.4) is 0 Å². The molecular formula is C16H25BrN2O. The van der Waals surface area contributed by atoms with E-state index in [1.54, 1.807) is 0 Å². The minimum atomic E-state index is 0.245. The molecular weight excluding hydrogens is 316 g/mol. The molecule has 2 N–H and O–H groups in total. The lowest BCUT2D eigenvalue weighted by molar-refractivity contribution is 0.266. The van der Waals surface area contributed by atoms with Gasteiger partial charge in [0.2, 0.25) is 0 Å². The van der Waals surface area contributed by atoms with Gasteiger partial charge in [0.25, 0.3) is 0 Å². The molecule has 1 unspecified atom stereocenters. The molecule has 0 aliphatic carbocycles. The second-order valence-electron chi connectivity index (χ2n) is 5.97. The lowest BCUT2D eigenvalue weighted by Crippen LogP contribution is -2.32. The van der Waals surface area contributed by atoms with Crippen LogP contribution in [-0.2, 0) is 6.54 Å². The largest absolute Gasteiger partial charge is 0.394 e. The molecule has 1 aromatic carbocycles. The molecule has 0 aromatic heterocycles. The van der Waals surface area contributed by atoms with Gasteiger partial charge >= 0.3 is 0 Å². The molecule has 1 atom stereocenters. The minimum Gasteiger partial charge on any atom is -0.394 e. The molecule has 0 amide bonds. The summed E-state index contributed by atoms with van der Waals surface area (Å²) in [6.45, 7) is 7.65. The van der Waals surface area contributed by atoms with Crippen molar-refractivity contribution in [3.8, 4) is 0 Å². The SMILES string of the molecule is CC(C)CNCc1ccc(N2CCCC2CO)cc1Br. The lowest BCUT2D eigenvalue weighted by Gasteiger charge is -2.26. The highest BCUT2D eigenvalue weighted by Crippen LogP contribution is 2.29. The van der Waals surface area contributed by atoms with E-state index in [9.17, 15) is 5.11 Å². The second kappa shape index (κ2) is 7.43. The normalized spacial score (nSPS) is 19.1. The lowest BCUT2D eigenvalue weighted by atomic mass is 10.1. The highest BCUT2D eigenvalue weighted by Gasteiger charge is 2.24. The molecule has 2 rings (SSSR count). The summed E-state index contributed by atoms with van der Waals surface area (Å²) in [6, 6.07) is 6.82. The van der Waals surface area contributed by atoms with Gasteiger partial charge in [-0.25, -0.2) is 0 Å². The van der Waals surface area contributed by atoms with Crippen LogP contribution in [0.15, 0.2) is 22.7 Å². The van der Waals surface area contributed by atoms with Gasteiger partial charge in [-0.1, -0.05) is 35.8 Å². The summed E-state index contributed by atoms with van der Waals surface area (Å²) in [5, 5.41) is 12.9. The third kappa shape index (κ3) is 3.96. The molecule has 1 aliphatic heterocycles. The van der Waals surface area contributed by atoms with E-state index < -0.39 is 0 Å². The van der Waals surface area contributed by atoms with Crippen LogP contribution in [0.25, 0.3) is 0 Å². The van der Waals surface area contributed by atoms with E-state index in [-0.39, 0.29) is 12.6 Å². The highest BCUT2D eigenvalue weighted by molar-refractivity contribution is 9.10. The Kier molecular flexibility index (Phi) is 5.87. The van der Waals surface area contributed by atoms with Gasteiger partial charge in [-0.15, -0.1) is 0 Å². The molecule has 20 heavy (non-hydrogen) atoms. The molecule has 1 fully saturated rings. The summed E-state index contributed by atoms with van der Waals surface area (Å²) in [5.74, 6) is 0.669. The first-order valence-corrected chi connectivity index (χ1v) is 8.27. The third-order valence-corrected chi connectivity index (χ3v) is 4.56. The van der Waals surface area contributed by atoms with E-state index in [1.807, 2.05) is 0 Å². The fraction of sp³-hybridized carbons (Fsp3) is 0.625. The number of anilines is 1. The zero-order chi connectivity index (χ0) is 14.5. The Balaban J connectivity index is 2.02. The van der Waals surface area contributed by atoms with Crippen LogP contribution in [0.2, 0.25) is 0 Å². The number of aliphatic hydroxyl groups excluding tert-OH is 1. The Morgan fingerprint density at radius 3 is 2.90 bits per heavy atom. The molecule has 0 saturated carbocycles. The van der Waals surface area contributed by atoms with Crippen molar-refractivity contribution in [3.05, 3.63) is 28.2 Å². The van der Waals surface area contributed by atoms with Gasteiger partial charge in [-0.05, 0) is 43.0 Å². The maximum atomic E-state index is 9.43. The summed E-state index contributed by atoms with van der Waals surface area (Å²) < 4.78 is 1.15. The summed E-state index contributed by atoms with van der Waals surface area (Å²) in [4.78, 5) is 2.32. The summed E-state index contributed by atoms with van der Waals surface area (Å²) >= 11 is 3.67. The second-order valence-corrected chi connectivity index (χ2v) is 6.83. The van der Waals surface area contributed by atoms with E-state index in [0.29, 0.717) is 5.92 Å². The number of nitrogens with one attached hydrogen (secondary N) is 1. The van der Waals surface area contributed by atoms with Gasteiger partial charge in [-0.2, -0.15) is 0 Å². The molecule has 1 heterocycles. The monoisotopic (exact) mass is 340 g/mol. The number of hydrogen-bond acceptors (Lipinski definition) is 3. The van der Waals surface area contributed by atoms with E-state index in [1.165, 1.54) is 17.7 Å². The Morgan fingerprint density at radius 2 is 2.25 bits per heavy atom. The average Bonchev–Trinajstić information content (AvgIpc) is 2.88. The van der Waals surface area contributed by atoms with E-state index in [4.69, 9.17) is 0 Å². The summed E-state index contributed by atoms with van der Waals surface area (Å²) in [7, 11) is 0. The molecule has 0 radical (unpaired) electrons. The average molecular weight is 341 g/mol. The molecule has 1 saturated heterocycles. The Labute approximate surface area is 130 Å². The zero-order valence-corrected chi connectivity index (χ0v) is 14.0. The van der Waals surface area contributed by atoms with E-state index in [2.05, 4.69) is 58.2 Å². The molecule has 112 valence electrons. The van der Waals surface area contributed by atoms with Gasteiger partial charge < -0.3 is 15.3 Å². The topological polar surface area (TPSA) is 35.5 Å². The molecule has 4 heteroatoms. The maximum Gasteiger partial charge on any atom is 0.0635 e. The fourth-order valence-corrected chi connectivity index (χ4v) is 3.23. The number of benzene rings is 1. The Morgan fingerprint density at radius 1 is 1.45 bits per heavy atom. The number of nitrogens with zero attached hydrogens (tertiary/aromatic N) is 1. The quantitative estimate of drug-likeness (QED) is 0.834. The van der Waals surface area contributed by atoms with Crippen LogP contribution in [0.4, 0.5) is 5.69 Å². The van der Waals surface area contributed by atoms with Crippen molar-refractivity contribution in [2.45, 2.75) is 39.3 Å². The maximum absolute atomic E-state index is 9.43. The number of rotatable bonds is 6. The predicted octanol–water partition coefficient (Wildman–Crippen LogP) is 3.16. The van der Waals surface area contributed by atoms with Gasteiger partial charge in [0.05, 0.1) is 12.6 Å². The number of aliphatic hydroxyl groups is 1. The first kappa shape index (κ1) is 15.8. The van der Waals surface area contributed by atoms with Gasteiger partial charge in [0, 0.05) is 23.2 Å². The van der Waals surface area contributed by atoms with Crippen molar-refractivity contribution in [3.63, 3.8) is 0 Å². The van der Waals surface area contributed by atoms with Crippen molar-refractivity contribution in [2.75, 3.05) is 24.6 Å². The minimum absolute atomic E-state index is 0.245. The third-order valence-electron chi connectivity index (χ3n) is 3.82. The Bertz CT molecular complexity index is 436. The first-order valence-electron chi connectivity index (χ1n) is 7.48. The van der Waals surface area contributed by atoms with Crippen molar-refractivity contribution in [1.29, 1.82) is 0 Å². The van der Waals surface area contributed by atoms with Gasteiger partial charge in [0.1, 0.15) is 0 Å². The predicted molar refractivity (Wildman–Crippen MR) is 88.1 cm³/mol. The van der Waals surface area contributed by atoms with Crippen LogP contribution in [-0.4, -0.2) is 30.8 Å². The standard InChI is InChI=1S/C16H25BrN2O/c1-12(2)9-18-10-13-5-6-14(8-16(13)17)19-7-3-4-15(19)11-20/h5-6,8,12,15,18,20H,3-4,7,9-11H2,1-2H3. The van der Waals surface area contributed by atoms with E-state index >= 15 is 0 Å². The highest BCUT2D eigenvalue weighted by atomic mass is 79.9. The van der Waals surface area contributed by atoms with Crippen LogP contribution in [0.5, 0.6) is 0 Å².